The van der Waals surface area contributed by atoms with Gasteiger partial charge in [0, 0.05) is 44.7 Å². The quantitative estimate of drug-likeness (QED) is 0.646. The van der Waals surface area contributed by atoms with Gasteiger partial charge in [-0.15, -0.1) is 0 Å². The number of nitrogens with zero attached hydrogens (tertiary/aromatic N) is 3. The Balaban J connectivity index is 0.000000360. The van der Waals surface area contributed by atoms with E-state index in [9.17, 15) is 13.2 Å². The molecular weight excluding hydrogens is 427 g/mol. The Kier molecular flexibility index (Phi) is 8.66. The van der Waals surface area contributed by atoms with Gasteiger partial charge in [0.25, 0.3) is 0 Å². The van der Waals surface area contributed by atoms with Gasteiger partial charge in [0.1, 0.15) is 0 Å². The van der Waals surface area contributed by atoms with Gasteiger partial charge < -0.3 is 14.6 Å². The maximum absolute atomic E-state index is 10.6. The molecule has 1 aliphatic carbocycles. The van der Waals surface area contributed by atoms with Crippen LogP contribution in [0.2, 0.25) is 0 Å². The zero-order valence-electron chi connectivity index (χ0n) is 17.7. The number of hydrogen-bond donors (Lipinski definition) is 1. The molecule has 2 aromatic rings. The maximum atomic E-state index is 10.6. The van der Waals surface area contributed by atoms with E-state index in [0.29, 0.717) is 6.04 Å². The molecule has 7 nitrogen and oxygen atoms in total. The third-order valence-electron chi connectivity index (χ3n) is 5.54. The lowest BCUT2D eigenvalue weighted by molar-refractivity contribution is -0.192. The Labute approximate surface area is 184 Å². The van der Waals surface area contributed by atoms with Gasteiger partial charge in [-0.05, 0) is 30.9 Å². The number of aryl methyl sites for hydroxylation is 1. The van der Waals surface area contributed by atoms with Gasteiger partial charge in [0.05, 0.1) is 18.8 Å². The summed E-state index contributed by atoms with van der Waals surface area (Å²) in [6, 6.07) is 13.2. The number of halogens is 3. The highest BCUT2D eigenvalue weighted by atomic mass is 19.4. The zero-order chi connectivity index (χ0) is 23.0. The fraction of sp³-hybridized carbons (Fsp3) is 0.545. The van der Waals surface area contributed by atoms with Crippen LogP contribution >= 0.6 is 0 Å². The zero-order valence-corrected chi connectivity index (χ0v) is 17.7. The monoisotopic (exact) mass is 455 g/mol. The summed E-state index contributed by atoms with van der Waals surface area (Å²) >= 11 is 0. The molecule has 0 amide bonds. The molecule has 0 unspecified atom stereocenters. The van der Waals surface area contributed by atoms with E-state index in [-0.39, 0.29) is 12.2 Å². The minimum Gasteiger partial charge on any atom is -0.475 e. The van der Waals surface area contributed by atoms with Crippen molar-refractivity contribution in [2.75, 3.05) is 19.8 Å². The van der Waals surface area contributed by atoms with Crippen molar-refractivity contribution in [1.29, 1.82) is 0 Å². The van der Waals surface area contributed by atoms with Crippen LogP contribution in [-0.2, 0) is 27.4 Å². The Hall–Kier alpha value is -2.43. The van der Waals surface area contributed by atoms with Crippen LogP contribution in [0.25, 0.3) is 0 Å². The van der Waals surface area contributed by atoms with Crippen LogP contribution < -0.4 is 0 Å². The predicted octanol–water partition coefficient (Wildman–Crippen LogP) is 3.36. The molecule has 3 atom stereocenters. The third kappa shape index (κ3) is 7.04. The largest absolute Gasteiger partial charge is 0.490 e. The number of aromatic nitrogens is 2. The van der Waals surface area contributed by atoms with Crippen molar-refractivity contribution in [2.24, 2.45) is 0 Å². The Morgan fingerprint density at radius 3 is 2.62 bits per heavy atom. The average molecular weight is 455 g/mol. The van der Waals surface area contributed by atoms with Crippen LogP contribution in [-0.4, -0.2) is 69.9 Å². The topological polar surface area (TPSA) is 76.8 Å². The van der Waals surface area contributed by atoms with Crippen LogP contribution in [0.5, 0.6) is 0 Å². The van der Waals surface area contributed by atoms with E-state index in [1.54, 1.807) is 0 Å². The van der Waals surface area contributed by atoms with E-state index in [0.717, 1.165) is 45.7 Å². The van der Waals surface area contributed by atoms with Crippen molar-refractivity contribution < 1.29 is 32.5 Å². The summed E-state index contributed by atoms with van der Waals surface area (Å²) in [5.41, 5.74) is 1.38. The molecule has 1 saturated carbocycles. The summed E-state index contributed by atoms with van der Waals surface area (Å²) < 4.78 is 46.0. The SMILES string of the molecule is O=C(O)C(F)(F)F.c1ccc(CN2CCO[C@H]3[C@H](OCCCn4cccn4)CC[C@@H]32)cc1. The second kappa shape index (κ2) is 11.4. The smallest absolute Gasteiger partial charge is 0.475 e. The van der Waals surface area contributed by atoms with Crippen molar-refractivity contribution in [2.45, 2.75) is 56.8 Å². The van der Waals surface area contributed by atoms with Gasteiger partial charge in [-0.2, -0.15) is 18.3 Å². The van der Waals surface area contributed by atoms with Gasteiger partial charge in [-0.3, -0.25) is 9.58 Å². The van der Waals surface area contributed by atoms with E-state index in [1.807, 2.05) is 23.1 Å². The second-order valence-electron chi connectivity index (χ2n) is 7.77. The van der Waals surface area contributed by atoms with Crippen molar-refractivity contribution in [1.82, 2.24) is 14.7 Å². The van der Waals surface area contributed by atoms with Gasteiger partial charge in [0.2, 0.25) is 0 Å². The summed E-state index contributed by atoms with van der Waals surface area (Å²) in [6.45, 7) is 4.52. The number of carboxylic acid groups (broad SMARTS) is 1. The molecule has 32 heavy (non-hydrogen) atoms. The molecule has 1 saturated heterocycles. The number of fused-ring (bicyclic) bond motifs is 1. The predicted molar refractivity (Wildman–Crippen MR) is 110 cm³/mol. The lowest BCUT2D eigenvalue weighted by Gasteiger charge is -2.39. The third-order valence-corrected chi connectivity index (χ3v) is 5.54. The van der Waals surface area contributed by atoms with Crippen molar-refractivity contribution in [3.05, 3.63) is 54.4 Å². The second-order valence-corrected chi connectivity index (χ2v) is 7.77. The number of hydrogen-bond acceptors (Lipinski definition) is 5. The fourth-order valence-electron chi connectivity index (χ4n) is 4.08. The highest BCUT2D eigenvalue weighted by molar-refractivity contribution is 5.73. The summed E-state index contributed by atoms with van der Waals surface area (Å²) in [7, 11) is 0. The lowest BCUT2D eigenvalue weighted by atomic mass is 10.1. The first-order valence-electron chi connectivity index (χ1n) is 10.6. The molecule has 10 heteroatoms. The molecule has 4 rings (SSSR count). The van der Waals surface area contributed by atoms with Crippen molar-refractivity contribution in [3.8, 4) is 0 Å². The molecule has 0 bridgehead atoms. The molecule has 2 fully saturated rings. The summed E-state index contributed by atoms with van der Waals surface area (Å²) in [5, 5.41) is 11.4. The number of alkyl halides is 3. The Morgan fingerprint density at radius 2 is 1.97 bits per heavy atom. The molecule has 176 valence electrons. The highest BCUT2D eigenvalue weighted by Gasteiger charge is 2.43. The molecular formula is C22H28F3N3O4. The van der Waals surface area contributed by atoms with Crippen LogP contribution in [0.4, 0.5) is 13.2 Å². The van der Waals surface area contributed by atoms with E-state index >= 15 is 0 Å². The van der Waals surface area contributed by atoms with Gasteiger partial charge in [-0.1, -0.05) is 30.3 Å². The molecule has 0 spiro atoms. The summed E-state index contributed by atoms with van der Waals surface area (Å²) in [5.74, 6) is -2.76. The first-order valence-corrected chi connectivity index (χ1v) is 10.6. The minimum atomic E-state index is -5.08. The summed E-state index contributed by atoms with van der Waals surface area (Å²) in [4.78, 5) is 11.5. The normalized spacial score (nSPS) is 23.3. The number of benzene rings is 1. The molecule has 1 aliphatic heterocycles. The Bertz CT molecular complexity index is 818. The van der Waals surface area contributed by atoms with Crippen LogP contribution in [0.3, 0.4) is 0 Å². The van der Waals surface area contributed by atoms with E-state index in [2.05, 4.69) is 40.3 Å². The van der Waals surface area contributed by atoms with Crippen LogP contribution in [0.15, 0.2) is 48.8 Å². The summed E-state index contributed by atoms with van der Waals surface area (Å²) in [6.07, 6.45) is 2.45. The number of carbonyl (C=O) groups is 1. The Morgan fingerprint density at radius 1 is 1.22 bits per heavy atom. The number of ether oxygens (including phenoxy) is 2. The van der Waals surface area contributed by atoms with Gasteiger partial charge in [-0.25, -0.2) is 4.79 Å². The molecule has 1 N–H and O–H groups in total. The number of carboxylic acids is 1. The molecule has 2 heterocycles. The number of rotatable bonds is 7. The van der Waals surface area contributed by atoms with E-state index in [4.69, 9.17) is 19.4 Å². The first-order chi connectivity index (χ1) is 15.3. The van der Waals surface area contributed by atoms with Gasteiger partial charge >= 0.3 is 12.1 Å². The number of aliphatic carboxylic acids is 1. The first kappa shape index (κ1) is 24.2. The van der Waals surface area contributed by atoms with Crippen molar-refractivity contribution in [3.63, 3.8) is 0 Å². The van der Waals surface area contributed by atoms with E-state index in [1.165, 1.54) is 12.0 Å². The highest BCUT2D eigenvalue weighted by Crippen LogP contribution is 2.33. The van der Waals surface area contributed by atoms with Gasteiger partial charge in [0.15, 0.2) is 0 Å². The molecule has 0 radical (unpaired) electrons. The van der Waals surface area contributed by atoms with Crippen LogP contribution in [0.1, 0.15) is 24.8 Å². The van der Waals surface area contributed by atoms with Crippen LogP contribution in [0, 0.1) is 0 Å². The standard InChI is InChI=1S/C20H27N3O2.C2HF3O2/c1-2-6-17(7-3-1)16-22-13-15-25-20-18(22)8-9-19(20)24-14-5-12-23-11-4-10-21-23;3-2(4,5)1(6)7/h1-4,6-7,10-11,18-20H,5,8-9,12-16H2;(H,6,7)/t18-,19+,20+;/m0./s1. The maximum Gasteiger partial charge on any atom is 0.490 e. The molecule has 1 aromatic heterocycles. The lowest BCUT2D eigenvalue weighted by Crippen LogP contribution is -2.51. The average Bonchev–Trinajstić information content (AvgIpc) is 3.42. The molecule has 2 aliphatic rings. The van der Waals surface area contributed by atoms with Crippen molar-refractivity contribution >= 4 is 5.97 Å². The minimum absolute atomic E-state index is 0.224. The van der Waals surface area contributed by atoms with E-state index < -0.39 is 12.1 Å². The number of morpholine rings is 1. The fourth-order valence-corrected chi connectivity index (χ4v) is 4.08. The molecule has 1 aromatic carbocycles.